The minimum atomic E-state index is -3.91. The van der Waals surface area contributed by atoms with E-state index >= 15 is 0 Å². The lowest BCUT2D eigenvalue weighted by Gasteiger charge is -2.12. The molecule has 0 aromatic heterocycles. The van der Waals surface area contributed by atoms with Crippen LogP contribution in [0.25, 0.3) is 0 Å². The number of sulfonamides is 1. The van der Waals surface area contributed by atoms with Crippen LogP contribution in [0.2, 0.25) is 0 Å². The Bertz CT molecular complexity index is 511. The van der Waals surface area contributed by atoms with E-state index in [4.69, 9.17) is 0 Å². The lowest BCUT2D eigenvalue weighted by atomic mass is 10.4. The fourth-order valence-electron chi connectivity index (χ4n) is 1.33. The van der Waals surface area contributed by atoms with Gasteiger partial charge in [0, 0.05) is 0 Å². The second-order valence-electron chi connectivity index (χ2n) is 3.15. The molecule has 1 heterocycles. The highest BCUT2D eigenvalue weighted by Gasteiger charge is 2.34. The minimum Gasteiger partial charge on any atom is -0.447 e. The summed E-state index contributed by atoms with van der Waals surface area (Å²) >= 11 is 0. The maximum atomic E-state index is 12.6. The minimum absolute atomic E-state index is 0.0153. The Hall–Kier alpha value is -1.63. The van der Waals surface area contributed by atoms with Crippen LogP contribution in [0.5, 0.6) is 0 Å². The maximum Gasteiger partial charge on any atom is 0.424 e. The maximum absolute atomic E-state index is 12.6. The predicted octanol–water partition coefficient (Wildman–Crippen LogP) is 0.967. The largest absolute Gasteiger partial charge is 0.447 e. The number of hydrogen-bond acceptors (Lipinski definition) is 4. The Kier molecular flexibility index (Phi) is 2.55. The van der Waals surface area contributed by atoms with Gasteiger partial charge in [0.2, 0.25) is 0 Å². The number of rotatable bonds is 2. The molecular weight excluding hydrogens is 237 g/mol. The third-order valence-corrected chi connectivity index (χ3v) is 3.90. The van der Waals surface area contributed by atoms with Crippen molar-refractivity contribution >= 4 is 16.1 Å². The summed E-state index contributed by atoms with van der Waals surface area (Å²) in [5, 5.41) is 0. The van der Waals surface area contributed by atoms with Crippen LogP contribution in [-0.2, 0) is 14.8 Å². The van der Waals surface area contributed by atoms with Crippen molar-refractivity contribution in [3.8, 4) is 0 Å². The highest BCUT2D eigenvalue weighted by atomic mass is 32.2. The summed E-state index contributed by atoms with van der Waals surface area (Å²) in [7, 11) is -3.91. The Morgan fingerprint density at radius 2 is 1.88 bits per heavy atom. The molecule has 7 heteroatoms. The average molecular weight is 245 g/mol. The van der Waals surface area contributed by atoms with E-state index in [9.17, 15) is 17.6 Å². The molecule has 1 aliphatic heterocycles. The quantitative estimate of drug-likeness (QED) is 0.778. The second-order valence-corrected chi connectivity index (χ2v) is 5.01. The first-order valence-electron chi connectivity index (χ1n) is 4.47. The van der Waals surface area contributed by atoms with Crippen molar-refractivity contribution in [1.29, 1.82) is 0 Å². The van der Waals surface area contributed by atoms with Crippen molar-refractivity contribution in [1.82, 2.24) is 4.31 Å². The summed E-state index contributed by atoms with van der Waals surface area (Å²) in [5.41, 5.74) is 0. The smallest absolute Gasteiger partial charge is 0.424 e. The van der Waals surface area contributed by atoms with Gasteiger partial charge >= 0.3 is 6.09 Å². The molecule has 1 fully saturated rings. The molecule has 1 aliphatic rings. The number of amides is 1. The highest BCUT2D eigenvalue weighted by molar-refractivity contribution is 7.89. The predicted molar refractivity (Wildman–Crippen MR) is 51.6 cm³/mol. The standard InChI is InChI=1S/C9H8FNO4S/c10-7-1-3-8(4-2-7)16(13,14)11-5-6-15-9(11)12/h1-4H,5-6H2. The number of halogens is 1. The van der Waals surface area contributed by atoms with Crippen molar-refractivity contribution < 1.29 is 22.3 Å². The lowest BCUT2D eigenvalue weighted by molar-refractivity contribution is 0.170. The van der Waals surface area contributed by atoms with Crippen LogP contribution >= 0.6 is 0 Å². The van der Waals surface area contributed by atoms with Crippen LogP contribution in [0.4, 0.5) is 9.18 Å². The lowest BCUT2D eigenvalue weighted by Crippen LogP contribution is -2.31. The Morgan fingerprint density at radius 3 is 2.38 bits per heavy atom. The van der Waals surface area contributed by atoms with Gasteiger partial charge in [0.1, 0.15) is 12.4 Å². The molecule has 0 saturated carbocycles. The van der Waals surface area contributed by atoms with Crippen molar-refractivity contribution in [2.75, 3.05) is 13.2 Å². The Labute approximate surface area is 91.5 Å². The number of ether oxygens (including phenoxy) is 1. The zero-order valence-corrected chi connectivity index (χ0v) is 8.91. The third-order valence-electron chi connectivity index (χ3n) is 2.13. The molecule has 0 bridgehead atoms. The van der Waals surface area contributed by atoms with Gasteiger partial charge < -0.3 is 4.74 Å². The van der Waals surface area contributed by atoms with E-state index in [0.29, 0.717) is 4.31 Å². The first-order chi connectivity index (χ1) is 7.51. The molecule has 1 saturated heterocycles. The number of nitrogens with zero attached hydrogens (tertiary/aromatic N) is 1. The molecule has 0 spiro atoms. The van der Waals surface area contributed by atoms with Crippen LogP contribution in [0, 0.1) is 5.82 Å². The van der Waals surface area contributed by atoms with E-state index in [-0.39, 0.29) is 18.0 Å². The molecule has 1 aromatic rings. The number of cyclic esters (lactones) is 1. The number of benzene rings is 1. The zero-order valence-electron chi connectivity index (χ0n) is 8.09. The van der Waals surface area contributed by atoms with Crippen molar-refractivity contribution in [3.63, 3.8) is 0 Å². The van der Waals surface area contributed by atoms with Gasteiger partial charge in [0.15, 0.2) is 0 Å². The third kappa shape index (κ3) is 1.73. The Morgan fingerprint density at radius 1 is 1.25 bits per heavy atom. The summed E-state index contributed by atoms with van der Waals surface area (Å²) in [5.74, 6) is -0.539. The van der Waals surface area contributed by atoms with Gasteiger partial charge in [0.05, 0.1) is 11.4 Å². The van der Waals surface area contributed by atoms with E-state index in [0.717, 1.165) is 24.3 Å². The molecule has 0 atom stereocenters. The Balaban J connectivity index is 2.39. The molecule has 1 amide bonds. The topological polar surface area (TPSA) is 63.7 Å². The molecule has 2 rings (SSSR count). The first kappa shape index (κ1) is 10.9. The fraction of sp³-hybridized carbons (Fsp3) is 0.222. The molecule has 0 radical (unpaired) electrons. The second kappa shape index (κ2) is 3.75. The molecule has 0 aliphatic carbocycles. The fourth-order valence-corrected chi connectivity index (χ4v) is 2.63. The molecular formula is C9H8FNO4S. The van der Waals surface area contributed by atoms with Crippen LogP contribution in [0.3, 0.4) is 0 Å². The van der Waals surface area contributed by atoms with Gasteiger partial charge in [0.25, 0.3) is 10.0 Å². The van der Waals surface area contributed by atoms with E-state index in [2.05, 4.69) is 4.74 Å². The van der Waals surface area contributed by atoms with Crippen molar-refractivity contribution in [2.45, 2.75) is 4.90 Å². The van der Waals surface area contributed by atoms with Gasteiger partial charge in [-0.05, 0) is 24.3 Å². The first-order valence-corrected chi connectivity index (χ1v) is 5.91. The van der Waals surface area contributed by atoms with Crippen LogP contribution in [0.1, 0.15) is 0 Å². The van der Waals surface area contributed by atoms with Gasteiger partial charge in [-0.25, -0.2) is 17.6 Å². The van der Waals surface area contributed by atoms with Gasteiger partial charge in [-0.1, -0.05) is 0 Å². The summed E-state index contributed by atoms with van der Waals surface area (Å²) in [6, 6.07) is 4.26. The van der Waals surface area contributed by atoms with E-state index < -0.39 is 21.9 Å². The van der Waals surface area contributed by atoms with E-state index in [1.54, 1.807) is 0 Å². The van der Waals surface area contributed by atoms with Gasteiger partial charge in [-0.15, -0.1) is 0 Å². The molecule has 86 valence electrons. The molecule has 16 heavy (non-hydrogen) atoms. The number of carbonyl (C=O) groups excluding carboxylic acids is 1. The number of carbonyl (C=O) groups is 1. The normalized spacial score (nSPS) is 16.3. The van der Waals surface area contributed by atoms with Crippen molar-refractivity contribution in [2.24, 2.45) is 0 Å². The molecule has 0 unspecified atom stereocenters. The monoisotopic (exact) mass is 245 g/mol. The SMILES string of the molecule is O=C1OCCN1S(=O)(=O)c1ccc(F)cc1. The van der Waals surface area contributed by atoms with Crippen LogP contribution in [0.15, 0.2) is 29.2 Å². The van der Waals surface area contributed by atoms with E-state index in [1.807, 2.05) is 0 Å². The summed E-state index contributed by atoms with van der Waals surface area (Å²) in [4.78, 5) is 11.0. The highest BCUT2D eigenvalue weighted by Crippen LogP contribution is 2.19. The van der Waals surface area contributed by atoms with Crippen LogP contribution in [-0.4, -0.2) is 32.0 Å². The zero-order chi connectivity index (χ0) is 11.8. The molecule has 0 N–H and O–H groups in total. The van der Waals surface area contributed by atoms with Crippen molar-refractivity contribution in [3.05, 3.63) is 30.1 Å². The summed E-state index contributed by atoms with van der Waals surface area (Å²) < 4.78 is 41.5. The van der Waals surface area contributed by atoms with Gasteiger partial charge in [-0.2, -0.15) is 4.31 Å². The van der Waals surface area contributed by atoms with Gasteiger partial charge in [-0.3, -0.25) is 0 Å². The van der Waals surface area contributed by atoms with Crippen LogP contribution < -0.4 is 0 Å². The summed E-state index contributed by atoms with van der Waals surface area (Å²) in [6.45, 7) is 0.0256. The summed E-state index contributed by atoms with van der Waals surface area (Å²) in [6.07, 6.45) is -0.899. The molecule has 5 nitrogen and oxygen atoms in total. The van der Waals surface area contributed by atoms with E-state index in [1.165, 1.54) is 0 Å². The molecule has 1 aromatic carbocycles. The average Bonchev–Trinajstić information content (AvgIpc) is 2.66. The number of hydrogen-bond donors (Lipinski definition) is 0.